The Hall–Kier alpha value is -2.72. The van der Waals surface area contributed by atoms with Crippen LogP contribution >= 0.6 is 11.3 Å². The Labute approximate surface area is 180 Å². The van der Waals surface area contributed by atoms with Crippen LogP contribution in [0.2, 0.25) is 0 Å². The van der Waals surface area contributed by atoms with Gasteiger partial charge in [-0.1, -0.05) is 31.1 Å². The first-order valence-corrected chi connectivity index (χ1v) is 11.4. The fourth-order valence-electron chi connectivity index (χ4n) is 3.71. The highest BCUT2D eigenvalue weighted by atomic mass is 32.1. The van der Waals surface area contributed by atoms with Crippen LogP contribution in [0.5, 0.6) is 0 Å². The van der Waals surface area contributed by atoms with Gasteiger partial charge in [0.25, 0.3) is 0 Å². The van der Waals surface area contributed by atoms with E-state index in [0.29, 0.717) is 5.82 Å². The van der Waals surface area contributed by atoms with Crippen LogP contribution in [-0.4, -0.2) is 27.3 Å². The molecule has 2 saturated carbocycles. The Bertz CT molecular complexity index is 977. The van der Waals surface area contributed by atoms with Crippen molar-refractivity contribution < 1.29 is 9.59 Å². The molecule has 156 valence electrons. The second-order valence-corrected chi connectivity index (χ2v) is 9.23. The maximum atomic E-state index is 12.6. The number of amides is 2. The number of carbonyl (C=O) groups excluding carboxylic acids is 2. The number of carbonyl (C=O) groups is 2. The number of anilines is 1. The summed E-state index contributed by atoms with van der Waals surface area (Å²) in [5.74, 6) is 7.23. The van der Waals surface area contributed by atoms with Crippen molar-refractivity contribution in [1.29, 1.82) is 0 Å². The summed E-state index contributed by atoms with van der Waals surface area (Å²) in [5, 5.41) is 8.93. The van der Waals surface area contributed by atoms with E-state index in [9.17, 15) is 9.59 Å². The predicted octanol–water partition coefficient (Wildman–Crippen LogP) is 3.61. The molecule has 0 bridgehead atoms. The molecule has 2 aliphatic rings. The lowest BCUT2D eigenvalue weighted by molar-refractivity contribution is -0.122. The summed E-state index contributed by atoms with van der Waals surface area (Å²) in [6.07, 6.45) is 8.86. The van der Waals surface area contributed by atoms with Crippen molar-refractivity contribution >= 4 is 29.0 Å². The Kier molecular flexibility index (Phi) is 6.14. The van der Waals surface area contributed by atoms with Gasteiger partial charge in [-0.15, -0.1) is 11.3 Å². The molecule has 7 heteroatoms. The molecule has 4 rings (SSSR count). The van der Waals surface area contributed by atoms with E-state index in [0.717, 1.165) is 54.8 Å². The molecule has 2 aromatic rings. The van der Waals surface area contributed by atoms with Gasteiger partial charge >= 0.3 is 0 Å². The summed E-state index contributed by atoms with van der Waals surface area (Å²) >= 11 is 1.56. The van der Waals surface area contributed by atoms with E-state index < -0.39 is 5.54 Å². The standard InChI is InChI=1S/C23H26N4O2S/c1-16-25-19(15-30-16)13-21(28)27-23(10-3-2-4-11-23)12-9-17-5-8-20(24-14-17)26-22(29)18-6-7-18/h5,8,14-15,18H,2-4,6-7,10-11,13H2,1H3,(H,27,28)(H,24,26,29). The van der Waals surface area contributed by atoms with E-state index in [4.69, 9.17) is 0 Å². The highest BCUT2D eigenvalue weighted by molar-refractivity contribution is 7.09. The average molecular weight is 423 g/mol. The minimum atomic E-state index is -0.501. The van der Waals surface area contributed by atoms with E-state index in [1.165, 1.54) is 6.42 Å². The van der Waals surface area contributed by atoms with Crippen molar-refractivity contribution in [1.82, 2.24) is 15.3 Å². The van der Waals surface area contributed by atoms with Crippen LogP contribution in [-0.2, 0) is 16.0 Å². The number of thiazole rings is 1. The van der Waals surface area contributed by atoms with Gasteiger partial charge < -0.3 is 10.6 Å². The maximum Gasteiger partial charge on any atom is 0.228 e. The summed E-state index contributed by atoms with van der Waals surface area (Å²) in [4.78, 5) is 33.2. The Morgan fingerprint density at radius 2 is 2.03 bits per heavy atom. The van der Waals surface area contributed by atoms with Gasteiger partial charge in [0.2, 0.25) is 11.8 Å². The number of hydrogen-bond donors (Lipinski definition) is 2. The lowest BCUT2D eigenvalue weighted by atomic mass is 9.82. The van der Waals surface area contributed by atoms with Crippen molar-refractivity contribution in [3.05, 3.63) is 40.0 Å². The smallest absolute Gasteiger partial charge is 0.228 e. The zero-order valence-corrected chi connectivity index (χ0v) is 18.0. The number of aromatic nitrogens is 2. The van der Waals surface area contributed by atoms with Crippen LogP contribution in [0.25, 0.3) is 0 Å². The second-order valence-electron chi connectivity index (χ2n) is 8.17. The molecule has 2 amide bonds. The second kappa shape index (κ2) is 8.97. The van der Waals surface area contributed by atoms with Gasteiger partial charge in [0.05, 0.1) is 17.1 Å². The first-order valence-electron chi connectivity index (χ1n) is 10.5. The van der Waals surface area contributed by atoms with Gasteiger partial charge in [0, 0.05) is 23.1 Å². The molecule has 0 unspecified atom stereocenters. The first-order chi connectivity index (χ1) is 14.5. The van der Waals surface area contributed by atoms with E-state index in [2.05, 4.69) is 32.4 Å². The third-order valence-electron chi connectivity index (χ3n) is 5.50. The van der Waals surface area contributed by atoms with Gasteiger partial charge in [-0.05, 0) is 44.7 Å². The van der Waals surface area contributed by atoms with Crippen molar-refractivity contribution in [3.8, 4) is 11.8 Å². The number of aryl methyl sites for hydroxylation is 1. The molecule has 0 aromatic carbocycles. The third kappa shape index (κ3) is 5.45. The van der Waals surface area contributed by atoms with Gasteiger partial charge in [0.1, 0.15) is 11.4 Å². The minimum Gasteiger partial charge on any atom is -0.339 e. The van der Waals surface area contributed by atoms with Gasteiger partial charge in [-0.25, -0.2) is 9.97 Å². The lowest BCUT2D eigenvalue weighted by Gasteiger charge is -2.33. The predicted molar refractivity (Wildman–Crippen MR) is 117 cm³/mol. The molecule has 2 heterocycles. The summed E-state index contributed by atoms with van der Waals surface area (Å²) in [7, 11) is 0. The molecular formula is C23H26N4O2S. The molecule has 0 atom stereocenters. The maximum absolute atomic E-state index is 12.6. The number of hydrogen-bond acceptors (Lipinski definition) is 5. The molecule has 2 aliphatic carbocycles. The van der Waals surface area contributed by atoms with Gasteiger partial charge in [-0.2, -0.15) is 0 Å². The quantitative estimate of drug-likeness (QED) is 0.721. The number of nitrogens with one attached hydrogen (secondary N) is 2. The molecule has 0 spiro atoms. The minimum absolute atomic E-state index is 0.0345. The number of rotatable bonds is 5. The lowest BCUT2D eigenvalue weighted by Crippen LogP contribution is -2.49. The van der Waals surface area contributed by atoms with E-state index in [1.54, 1.807) is 23.6 Å². The highest BCUT2D eigenvalue weighted by Gasteiger charge is 2.32. The largest absolute Gasteiger partial charge is 0.339 e. The summed E-state index contributed by atoms with van der Waals surface area (Å²) in [5.41, 5.74) is 1.08. The zero-order chi connectivity index (χ0) is 21.0. The van der Waals surface area contributed by atoms with Crippen molar-refractivity contribution in [3.63, 3.8) is 0 Å². The summed E-state index contributed by atoms with van der Waals surface area (Å²) in [6, 6.07) is 3.64. The first kappa shape index (κ1) is 20.5. The average Bonchev–Trinajstić information content (AvgIpc) is 3.51. The number of pyridine rings is 1. The van der Waals surface area contributed by atoms with Crippen LogP contribution in [0.3, 0.4) is 0 Å². The van der Waals surface area contributed by atoms with E-state index >= 15 is 0 Å². The third-order valence-corrected chi connectivity index (χ3v) is 6.33. The molecule has 2 N–H and O–H groups in total. The van der Waals surface area contributed by atoms with Crippen LogP contribution < -0.4 is 10.6 Å². The van der Waals surface area contributed by atoms with E-state index in [1.807, 2.05) is 18.4 Å². The summed E-state index contributed by atoms with van der Waals surface area (Å²) < 4.78 is 0. The SMILES string of the molecule is Cc1nc(CC(=O)NC2(C#Cc3ccc(NC(=O)C4CC4)nc3)CCCCC2)cs1. The van der Waals surface area contributed by atoms with Crippen LogP contribution in [0, 0.1) is 24.7 Å². The molecular weight excluding hydrogens is 396 g/mol. The fourth-order valence-corrected chi connectivity index (χ4v) is 4.32. The van der Waals surface area contributed by atoms with Crippen molar-refractivity contribution in [2.75, 3.05) is 5.32 Å². The monoisotopic (exact) mass is 422 g/mol. The topological polar surface area (TPSA) is 84.0 Å². The Balaban J connectivity index is 1.43. The van der Waals surface area contributed by atoms with E-state index in [-0.39, 0.29) is 24.2 Å². The Morgan fingerprint density at radius 1 is 1.23 bits per heavy atom. The van der Waals surface area contributed by atoms with Crippen molar-refractivity contribution in [2.45, 2.75) is 63.8 Å². The van der Waals surface area contributed by atoms with Crippen LogP contribution in [0.15, 0.2) is 23.7 Å². The molecule has 30 heavy (non-hydrogen) atoms. The normalized spacial score (nSPS) is 17.5. The van der Waals surface area contributed by atoms with Gasteiger partial charge in [0.15, 0.2) is 0 Å². The molecule has 2 fully saturated rings. The number of nitrogens with zero attached hydrogens (tertiary/aromatic N) is 2. The molecule has 6 nitrogen and oxygen atoms in total. The highest BCUT2D eigenvalue weighted by Crippen LogP contribution is 2.30. The Morgan fingerprint density at radius 3 is 2.67 bits per heavy atom. The molecule has 2 aromatic heterocycles. The zero-order valence-electron chi connectivity index (χ0n) is 17.2. The van der Waals surface area contributed by atoms with Crippen LogP contribution in [0.1, 0.15) is 61.2 Å². The molecule has 0 radical (unpaired) electrons. The fraction of sp³-hybridized carbons (Fsp3) is 0.478. The summed E-state index contributed by atoms with van der Waals surface area (Å²) in [6.45, 7) is 1.94. The van der Waals surface area contributed by atoms with Crippen molar-refractivity contribution in [2.24, 2.45) is 5.92 Å². The molecule has 0 saturated heterocycles. The van der Waals surface area contributed by atoms with Crippen LogP contribution in [0.4, 0.5) is 5.82 Å². The molecule has 0 aliphatic heterocycles. The van der Waals surface area contributed by atoms with Gasteiger partial charge in [-0.3, -0.25) is 9.59 Å².